The van der Waals surface area contributed by atoms with Gasteiger partial charge in [0.05, 0.1) is 26.3 Å². The molecule has 2 aromatic rings. The Balaban J connectivity index is 1.86. The first kappa shape index (κ1) is 15.3. The smallest absolute Gasteiger partial charge is 0.127 e. The van der Waals surface area contributed by atoms with Crippen LogP contribution in [0.15, 0.2) is 42.5 Å². The Kier molecular flexibility index (Phi) is 5.58. The molecule has 2 aromatic carbocycles. The van der Waals surface area contributed by atoms with E-state index < -0.39 is 0 Å². The number of benzene rings is 2. The normalized spacial score (nSPS) is 10.4. The number of hydrogen-bond acceptors (Lipinski definition) is 2. The molecule has 0 spiro atoms. The molecule has 21 heavy (non-hydrogen) atoms. The van der Waals surface area contributed by atoms with E-state index in [9.17, 15) is 4.39 Å². The lowest BCUT2D eigenvalue weighted by molar-refractivity contribution is -0.670. The Labute approximate surface area is 124 Å². The number of methoxy groups -OCH3 is 2. The van der Waals surface area contributed by atoms with Crippen LogP contribution in [0.2, 0.25) is 0 Å². The molecule has 2 rings (SSSR count). The van der Waals surface area contributed by atoms with Crippen molar-refractivity contribution in [1.29, 1.82) is 0 Å². The second kappa shape index (κ2) is 7.64. The van der Waals surface area contributed by atoms with Crippen molar-refractivity contribution in [2.24, 2.45) is 0 Å². The zero-order valence-electron chi connectivity index (χ0n) is 12.4. The molecule has 0 fully saturated rings. The summed E-state index contributed by atoms with van der Waals surface area (Å²) >= 11 is 0. The Bertz CT molecular complexity index is 570. The van der Waals surface area contributed by atoms with Gasteiger partial charge in [0.2, 0.25) is 0 Å². The predicted molar refractivity (Wildman–Crippen MR) is 80.1 cm³/mol. The van der Waals surface area contributed by atoms with Crippen molar-refractivity contribution in [3.63, 3.8) is 0 Å². The van der Waals surface area contributed by atoms with Crippen molar-refractivity contribution in [2.75, 3.05) is 20.8 Å². The zero-order valence-corrected chi connectivity index (χ0v) is 12.4. The van der Waals surface area contributed by atoms with Gasteiger partial charge in [-0.25, -0.2) is 4.39 Å². The van der Waals surface area contributed by atoms with Crippen molar-refractivity contribution in [1.82, 2.24) is 0 Å². The van der Waals surface area contributed by atoms with E-state index in [1.807, 2.05) is 30.3 Å². The predicted octanol–water partition coefficient (Wildman–Crippen LogP) is 2.15. The van der Waals surface area contributed by atoms with Crippen LogP contribution < -0.4 is 14.8 Å². The molecule has 4 heteroatoms. The van der Waals surface area contributed by atoms with Crippen LogP contribution in [-0.2, 0) is 13.0 Å². The summed E-state index contributed by atoms with van der Waals surface area (Å²) in [5.74, 6) is 1.51. The number of nitrogens with two attached hydrogens (primary N) is 1. The topological polar surface area (TPSA) is 35.1 Å². The zero-order chi connectivity index (χ0) is 15.1. The molecule has 0 aliphatic carbocycles. The first-order valence-corrected chi connectivity index (χ1v) is 7.00. The molecule has 0 unspecified atom stereocenters. The average molecular weight is 290 g/mol. The first-order valence-electron chi connectivity index (χ1n) is 7.00. The lowest BCUT2D eigenvalue weighted by Gasteiger charge is -2.09. The summed E-state index contributed by atoms with van der Waals surface area (Å²) in [5.41, 5.74) is 2.25. The van der Waals surface area contributed by atoms with Crippen LogP contribution in [0.5, 0.6) is 11.5 Å². The van der Waals surface area contributed by atoms with Gasteiger partial charge in [-0.05, 0) is 35.9 Å². The number of halogens is 1. The molecule has 0 heterocycles. The van der Waals surface area contributed by atoms with Gasteiger partial charge in [0.1, 0.15) is 23.9 Å². The van der Waals surface area contributed by atoms with E-state index in [1.165, 1.54) is 12.1 Å². The van der Waals surface area contributed by atoms with E-state index in [4.69, 9.17) is 9.47 Å². The summed E-state index contributed by atoms with van der Waals surface area (Å²) in [6.07, 6.45) is 0.909. The summed E-state index contributed by atoms with van der Waals surface area (Å²) in [5, 5.41) is 2.21. The second-order valence-corrected chi connectivity index (χ2v) is 4.84. The highest BCUT2D eigenvalue weighted by atomic mass is 19.1. The molecule has 0 aliphatic rings. The van der Waals surface area contributed by atoms with Crippen LogP contribution in [0.4, 0.5) is 4.39 Å². The molecule has 0 amide bonds. The minimum Gasteiger partial charge on any atom is -0.497 e. The second-order valence-electron chi connectivity index (χ2n) is 4.84. The van der Waals surface area contributed by atoms with Crippen molar-refractivity contribution in [2.45, 2.75) is 13.0 Å². The molecule has 3 nitrogen and oxygen atoms in total. The van der Waals surface area contributed by atoms with Gasteiger partial charge >= 0.3 is 0 Å². The van der Waals surface area contributed by atoms with Gasteiger partial charge in [-0.2, -0.15) is 0 Å². The van der Waals surface area contributed by atoms with Crippen LogP contribution in [0.1, 0.15) is 11.1 Å². The minimum absolute atomic E-state index is 0.191. The molecule has 0 saturated heterocycles. The third kappa shape index (κ3) is 4.46. The van der Waals surface area contributed by atoms with Crippen molar-refractivity contribution < 1.29 is 19.2 Å². The molecule has 0 aromatic heterocycles. The molecule has 0 bridgehead atoms. The first-order chi connectivity index (χ1) is 10.2. The van der Waals surface area contributed by atoms with Crippen LogP contribution >= 0.6 is 0 Å². The number of ether oxygens (including phenoxy) is 2. The summed E-state index contributed by atoms with van der Waals surface area (Å²) in [6, 6.07) is 12.5. The van der Waals surface area contributed by atoms with E-state index >= 15 is 0 Å². The molecular formula is C17H21FNO2+. The minimum atomic E-state index is -0.191. The van der Waals surface area contributed by atoms with Gasteiger partial charge in [-0.3, -0.25) is 0 Å². The fourth-order valence-corrected chi connectivity index (χ4v) is 2.22. The molecule has 0 saturated carbocycles. The maximum atomic E-state index is 12.8. The number of hydrogen-bond donors (Lipinski definition) is 1. The van der Waals surface area contributed by atoms with Crippen molar-refractivity contribution in [3.05, 3.63) is 59.4 Å². The van der Waals surface area contributed by atoms with E-state index in [1.54, 1.807) is 14.2 Å². The van der Waals surface area contributed by atoms with Gasteiger partial charge in [-0.15, -0.1) is 0 Å². The van der Waals surface area contributed by atoms with Gasteiger partial charge in [0, 0.05) is 6.42 Å². The molecular weight excluding hydrogens is 269 g/mol. The van der Waals surface area contributed by atoms with E-state index in [0.717, 1.165) is 42.1 Å². The van der Waals surface area contributed by atoms with Gasteiger partial charge in [-0.1, -0.05) is 12.1 Å². The molecule has 0 atom stereocenters. The highest BCUT2D eigenvalue weighted by Gasteiger charge is 2.06. The maximum Gasteiger partial charge on any atom is 0.127 e. The lowest BCUT2D eigenvalue weighted by Crippen LogP contribution is -2.83. The Morgan fingerprint density at radius 1 is 1.00 bits per heavy atom. The molecule has 112 valence electrons. The van der Waals surface area contributed by atoms with Crippen LogP contribution in [0.3, 0.4) is 0 Å². The summed E-state index contributed by atoms with van der Waals surface area (Å²) < 4.78 is 23.4. The maximum absolute atomic E-state index is 12.8. The Morgan fingerprint density at radius 2 is 1.76 bits per heavy atom. The number of rotatable bonds is 7. The van der Waals surface area contributed by atoms with Crippen LogP contribution in [0, 0.1) is 5.82 Å². The van der Waals surface area contributed by atoms with Crippen LogP contribution in [0.25, 0.3) is 0 Å². The fraction of sp³-hybridized carbons (Fsp3) is 0.294. The molecule has 2 N–H and O–H groups in total. The summed E-state index contributed by atoms with van der Waals surface area (Å²) in [4.78, 5) is 0. The summed E-state index contributed by atoms with van der Waals surface area (Å²) in [7, 11) is 3.33. The SMILES string of the molecule is COc1ccc(OC)c(C[NH2+]CCc2ccc(F)cc2)c1. The Hall–Kier alpha value is -2.07. The highest BCUT2D eigenvalue weighted by Crippen LogP contribution is 2.22. The Morgan fingerprint density at radius 3 is 2.43 bits per heavy atom. The third-order valence-corrected chi connectivity index (χ3v) is 3.40. The quantitative estimate of drug-likeness (QED) is 0.793. The van der Waals surface area contributed by atoms with Gasteiger partial charge < -0.3 is 14.8 Å². The monoisotopic (exact) mass is 290 g/mol. The summed E-state index contributed by atoms with van der Waals surface area (Å²) in [6.45, 7) is 1.76. The fourth-order valence-electron chi connectivity index (χ4n) is 2.22. The van der Waals surface area contributed by atoms with Gasteiger partial charge in [0.15, 0.2) is 0 Å². The molecule has 0 radical (unpaired) electrons. The number of quaternary nitrogens is 1. The molecule has 0 aliphatic heterocycles. The van der Waals surface area contributed by atoms with E-state index in [2.05, 4.69) is 5.32 Å². The lowest BCUT2D eigenvalue weighted by atomic mass is 10.1. The standard InChI is InChI=1S/C17H20FNO2/c1-20-16-7-8-17(21-2)14(11-16)12-19-10-9-13-3-5-15(18)6-4-13/h3-8,11,19H,9-10,12H2,1-2H3/p+1. The third-order valence-electron chi connectivity index (χ3n) is 3.40. The highest BCUT2D eigenvalue weighted by molar-refractivity contribution is 5.39. The van der Waals surface area contributed by atoms with Crippen molar-refractivity contribution >= 4 is 0 Å². The van der Waals surface area contributed by atoms with Gasteiger partial charge in [0.25, 0.3) is 0 Å². The average Bonchev–Trinajstić information content (AvgIpc) is 2.53. The van der Waals surface area contributed by atoms with Crippen molar-refractivity contribution in [3.8, 4) is 11.5 Å². The van der Waals surface area contributed by atoms with E-state index in [-0.39, 0.29) is 5.82 Å². The van der Waals surface area contributed by atoms with E-state index in [0.29, 0.717) is 0 Å². The largest absolute Gasteiger partial charge is 0.497 e. The van der Waals surface area contributed by atoms with Crippen LogP contribution in [-0.4, -0.2) is 20.8 Å².